The van der Waals surface area contributed by atoms with E-state index in [1.165, 1.54) is 22.5 Å². The molecule has 0 radical (unpaired) electrons. The summed E-state index contributed by atoms with van der Waals surface area (Å²) in [7, 11) is 3.13. The van der Waals surface area contributed by atoms with Gasteiger partial charge < -0.3 is 15.2 Å². The van der Waals surface area contributed by atoms with Crippen LogP contribution in [0.5, 0.6) is 0 Å². The number of hydrogen-bond acceptors (Lipinski definition) is 5. The minimum Gasteiger partial charge on any atom is -0.348 e. The minimum atomic E-state index is -0.630. The van der Waals surface area contributed by atoms with Crippen molar-refractivity contribution in [3.8, 4) is 0 Å². The molecular formula is C17H16N6O4. The van der Waals surface area contributed by atoms with Crippen LogP contribution in [0.3, 0.4) is 0 Å². The topological polar surface area (TPSA) is 120 Å². The van der Waals surface area contributed by atoms with Crippen molar-refractivity contribution in [2.24, 2.45) is 14.1 Å². The molecule has 1 aliphatic heterocycles. The number of aryl methyl sites for hydroxylation is 2. The fourth-order valence-corrected chi connectivity index (χ4v) is 3.17. The molecule has 0 spiro atoms. The van der Waals surface area contributed by atoms with Crippen LogP contribution in [0.15, 0.2) is 34.1 Å². The summed E-state index contributed by atoms with van der Waals surface area (Å²) in [6.07, 6.45) is 1.44. The third kappa shape index (κ3) is 2.62. The van der Waals surface area contributed by atoms with Gasteiger partial charge in [0.15, 0.2) is 11.2 Å². The molecule has 0 saturated carbocycles. The zero-order valence-corrected chi connectivity index (χ0v) is 14.6. The summed E-state index contributed by atoms with van der Waals surface area (Å²) in [5.74, 6) is -0.748. The highest BCUT2D eigenvalue weighted by Crippen LogP contribution is 2.20. The first kappa shape index (κ1) is 16.8. The van der Waals surface area contributed by atoms with E-state index in [0.717, 1.165) is 10.1 Å². The zero-order valence-electron chi connectivity index (χ0n) is 14.6. The van der Waals surface area contributed by atoms with Gasteiger partial charge in [0, 0.05) is 31.9 Å². The lowest BCUT2D eigenvalue weighted by Gasteiger charge is -2.10. The van der Waals surface area contributed by atoms with Crippen LogP contribution in [0.1, 0.15) is 15.9 Å². The molecule has 4 rings (SSSR count). The van der Waals surface area contributed by atoms with Crippen molar-refractivity contribution in [3.63, 3.8) is 0 Å². The number of nitrogens with zero attached hydrogens (tertiary/aromatic N) is 4. The first-order valence-electron chi connectivity index (χ1n) is 8.18. The Kier molecular flexibility index (Phi) is 3.69. The Balaban J connectivity index is 1.65. The van der Waals surface area contributed by atoms with E-state index < -0.39 is 23.7 Å². The number of aromatic nitrogens is 4. The van der Waals surface area contributed by atoms with E-state index in [4.69, 9.17) is 0 Å². The van der Waals surface area contributed by atoms with E-state index in [0.29, 0.717) is 17.8 Å². The monoisotopic (exact) mass is 368 g/mol. The Hall–Kier alpha value is -3.69. The van der Waals surface area contributed by atoms with E-state index in [1.54, 1.807) is 25.2 Å². The van der Waals surface area contributed by atoms with Crippen molar-refractivity contribution >= 4 is 28.7 Å². The summed E-state index contributed by atoms with van der Waals surface area (Å²) in [4.78, 5) is 53.2. The molecule has 2 amide bonds. The molecule has 2 aromatic heterocycles. The third-order valence-electron chi connectivity index (χ3n) is 4.58. The van der Waals surface area contributed by atoms with E-state index in [-0.39, 0.29) is 17.1 Å². The fraction of sp³-hybridized carbons (Fsp3) is 0.235. The Morgan fingerprint density at radius 3 is 2.81 bits per heavy atom. The summed E-state index contributed by atoms with van der Waals surface area (Å²) < 4.78 is 3.59. The number of benzene rings is 1. The van der Waals surface area contributed by atoms with E-state index in [1.807, 2.05) is 0 Å². The predicted octanol–water partition coefficient (Wildman–Crippen LogP) is -0.684. The molecular weight excluding hydrogens is 352 g/mol. The Bertz CT molecular complexity index is 1230. The van der Waals surface area contributed by atoms with Gasteiger partial charge in [-0.1, -0.05) is 6.07 Å². The quantitative estimate of drug-likeness (QED) is 0.634. The van der Waals surface area contributed by atoms with E-state index >= 15 is 0 Å². The van der Waals surface area contributed by atoms with Crippen LogP contribution < -0.4 is 21.9 Å². The molecule has 0 aliphatic carbocycles. The highest BCUT2D eigenvalue weighted by molar-refractivity contribution is 6.00. The normalized spacial score (nSPS) is 12.9. The summed E-state index contributed by atoms with van der Waals surface area (Å²) in [5.41, 5.74) is 1.04. The van der Waals surface area contributed by atoms with Gasteiger partial charge in [0.2, 0.25) is 5.91 Å². The maximum absolute atomic E-state index is 12.6. The first-order chi connectivity index (χ1) is 12.9. The van der Waals surface area contributed by atoms with Crippen LogP contribution in [0.25, 0.3) is 11.2 Å². The number of anilines is 1. The predicted molar refractivity (Wildman–Crippen MR) is 96.5 cm³/mol. The maximum Gasteiger partial charge on any atom is 0.332 e. The van der Waals surface area contributed by atoms with Gasteiger partial charge in [-0.2, -0.15) is 0 Å². The van der Waals surface area contributed by atoms with E-state index in [9.17, 15) is 19.2 Å². The summed E-state index contributed by atoms with van der Waals surface area (Å²) >= 11 is 0. The lowest BCUT2D eigenvalue weighted by Crippen LogP contribution is -2.42. The zero-order chi connectivity index (χ0) is 19.3. The van der Waals surface area contributed by atoms with Crippen LogP contribution in [-0.2, 0) is 32.0 Å². The van der Waals surface area contributed by atoms with Crippen molar-refractivity contribution in [1.29, 1.82) is 0 Å². The van der Waals surface area contributed by atoms with Gasteiger partial charge >= 0.3 is 5.69 Å². The number of carbonyl (C=O) groups excluding carboxylic acids is 2. The van der Waals surface area contributed by atoms with Gasteiger partial charge in [-0.05, 0) is 17.7 Å². The second kappa shape index (κ2) is 5.94. The SMILES string of the molecule is Cn1cnc2c1c(=O)n(CC(=O)Nc1ccc3c(c1)C(=O)NC3)c(=O)n2C. The molecule has 1 aromatic carbocycles. The molecule has 3 aromatic rings. The standard InChI is InChI=1S/C17H16N6O4/c1-21-8-19-14-13(21)16(26)23(17(27)22(14)2)7-12(24)20-10-4-3-9-6-18-15(25)11(9)5-10/h3-5,8H,6-7H2,1-2H3,(H,18,25)(H,20,24). The van der Waals surface area contributed by atoms with Crippen molar-refractivity contribution in [2.45, 2.75) is 13.1 Å². The fourth-order valence-electron chi connectivity index (χ4n) is 3.17. The molecule has 3 heterocycles. The van der Waals surface area contributed by atoms with E-state index in [2.05, 4.69) is 15.6 Å². The van der Waals surface area contributed by atoms with Crippen molar-refractivity contribution in [3.05, 3.63) is 56.5 Å². The Labute approximate surface area is 152 Å². The van der Waals surface area contributed by atoms with Gasteiger partial charge in [0.25, 0.3) is 11.5 Å². The van der Waals surface area contributed by atoms with Gasteiger partial charge in [-0.25, -0.2) is 14.3 Å². The number of fused-ring (bicyclic) bond motifs is 2. The number of rotatable bonds is 3. The number of amides is 2. The molecule has 0 fully saturated rings. The lowest BCUT2D eigenvalue weighted by molar-refractivity contribution is -0.116. The number of imidazole rings is 1. The molecule has 0 atom stereocenters. The summed E-state index contributed by atoms with van der Waals surface area (Å²) in [5, 5.41) is 5.32. The second-order valence-electron chi connectivity index (χ2n) is 6.36. The number of hydrogen-bond donors (Lipinski definition) is 2. The molecule has 27 heavy (non-hydrogen) atoms. The third-order valence-corrected chi connectivity index (χ3v) is 4.58. The molecule has 138 valence electrons. The molecule has 0 bridgehead atoms. The number of nitrogens with one attached hydrogen (secondary N) is 2. The molecule has 2 N–H and O–H groups in total. The molecule has 0 saturated heterocycles. The second-order valence-corrected chi connectivity index (χ2v) is 6.36. The van der Waals surface area contributed by atoms with Gasteiger partial charge in [-0.15, -0.1) is 0 Å². The largest absolute Gasteiger partial charge is 0.348 e. The average Bonchev–Trinajstić information content (AvgIpc) is 3.20. The van der Waals surface area contributed by atoms with Crippen molar-refractivity contribution in [1.82, 2.24) is 24.0 Å². The smallest absolute Gasteiger partial charge is 0.332 e. The van der Waals surface area contributed by atoms with Crippen LogP contribution >= 0.6 is 0 Å². The van der Waals surface area contributed by atoms with Crippen LogP contribution in [0, 0.1) is 0 Å². The summed E-state index contributed by atoms with van der Waals surface area (Å²) in [6.45, 7) is 0.00838. The van der Waals surface area contributed by atoms with Crippen LogP contribution in [0.2, 0.25) is 0 Å². The first-order valence-corrected chi connectivity index (χ1v) is 8.18. The van der Waals surface area contributed by atoms with Gasteiger partial charge in [-0.3, -0.25) is 19.0 Å². The summed E-state index contributed by atoms with van der Waals surface area (Å²) in [6, 6.07) is 4.98. The Morgan fingerprint density at radius 1 is 1.26 bits per heavy atom. The van der Waals surface area contributed by atoms with Gasteiger partial charge in [0.05, 0.1) is 6.33 Å². The highest BCUT2D eigenvalue weighted by Gasteiger charge is 2.20. The van der Waals surface area contributed by atoms with Crippen molar-refractivity contribution in [2.75, 3.05) is 5.32 Å². The molecule has 10 heteroatoms. The van der Waals surface area contributed by atoms with Crippen LogP contribution in [-0.4, -0.2) is 30.5 Å². The van der Waals surface area contributed by atoms with Gasteiger partial charge in [0.1, 0.15) is 6.54 Å². The number of carbonyl (C=O) groups is 2. The molecule has 10 nitrogen and oxygen atoms in total. The maximum atomic E-state index is 12.6. The van der Waals surface area contributed by atoms with Crippen LogP contribution in [0.4, 0.5) is 5.69 Å². The highest BCUT2D eigenvalue weighted by atomic mass is 16.2. The molecule has 0 unspecified atom stereocenters. The minimum absolute atomic E-state index is 0.201. The van der Waals surface area contributed by atoms with Crippen molar-refractivity contribution < 1.29 is 9.59 Å². The average molecular weight is 368 g/mol. The Morgan fingerprint density at radius 2 is 2.04 bits per heavy atom. The molecule has 1 aliphatic rings. The lowest BCUT2D eigenvalue weighted by atomic mass is 10.1.